The fourth-order valence-corrected chi connectivity index (χ4v) is 3.31. The van der Waals surface area contributed by atoms with Gasteiger partial charge in [0.1, 0.15) is 0 Å². The summed E-state index contributed by atoms with van der Waals surface area (Å²) >= 11 is 0. The zero-order valence-corrected chi connectivity index (χ0v) is 16.4. The van der Waals surface area contributed by atoms with Crippen LogP contribution in [0.5, 0.6) is 0 Å². The van der Waals surface area contributed by atoms with E-state index in [-0.39, 0.29) is 5.41 Å². The number of carbonyl (C=O) groups is 1. The minimum absolute atomic E-state index is 0.160. The van der Waals surface area contributed by atoms with Crippen molar-refractivity contribution >= 4 is 22.1 Å². The Labute approximate surface area is 147 Å². The maximum atomic E-state index is 12.5. The first-order valence-electron chi connectivity index (χ1n) is 9.38. The third-order valence-electron chi connectivity index (χ3n) is 4.65. The lowest BCUT2D eigenvalue weighted by molar-refractivity contribution is 0.0902. The SMILES string of the molecule is C=C1c2cc3ccccc3cc2C(=O)C2(C)CC12.CC.CC.CC. The summed E-state index contributed by atoms with van der Waals surface area (Å²) in [6.07, 6.45) is 0.968. The fraction of sp³-hybridized carbons (Fsp3) is 0.435. The molecule has 24 heavy (non-hydrogen) atoms. The van der Waals surface area contributed by atoms with E-state index < -0.39 is 0 Å². The lowest BCUT2D eigenvalue weighted by Crippen LogP contribution is -2.21. The Hall–Kier alpha value is -1.89. The average molecular weight is 325 g/mol. The van der Waals surface area contributed by atoms with Gasteiger partial charge in [0.2, 0.25) is 0 Å². The van der Waals surface area contributed by atoms with E-state index >= 15 is 0 Å². The Balaban J connectivity index is 0.000000436. The lowest BCUT2D eigenvalue weighted by atomic mass is 9.80. The smallest absolute Gasteiger partial charge is 0.169 e. The maximum absolute atomic E-state index is 12.5. The maximum Gasteiger partial charge on any atom is 0.169 e. The number of allylic oxidation sites excluding steroid dienone is 1. The van der Waals surface area contributed by atoms with E-state index in [0.29, 0.717) is 11.7 Å². The average Bonchev–Trinajstić information content (AvgIpc) is 3.37. The van der Waals surface area contributed by atoms with Crippen LogP contribution in [0, 0.1) is 11.3 Å². The van der Waals surface area contributed by atoms with Gasteiger partial charge >= 0.3 is 0 Å². The minimum atomic E-state index is -0.160. The molecule has 2 atom stereocenters. The Morgan fingerprint density at radius 3 is 1.88 bits per heavy atom. The number of benzene rings is 2. The van der Waals surface area contributed by atoms with Crippen molar-refractivity contribution in [2.24, 2.45) is 11.3 Å². The highest BCUT2D eigenvalue weighted by molar-refractivity contribution is 6.13. The summed E-state index contributed by atoms with van der Waals surface area (Å²) in [5.74, 6) is 0.680. The third kappa shape index (κ3) is 3.17. The van der Waals surface area contributed by atoms with Gasteiger partial charge in [0, 0.05) is 11.0 Å². The largest absolute Gasteiger partial charge is 0.294 e. The van der Waals surface area contributed by atoms with Gasteiger partial charge in [-0.05, 0) is 46.4 Å². The number of carbonyl (C=O) groups excluding carboxylic acids is 1. The van der Waals surface area contributed by atoms with E-state index in [9.17, 15) is 4.79 Å². The van der Waals surface area contributed by atoms with Crippen molar-refractivity contribution in [1.82, 2.24) is 0 Å². The molecule has 0 amide bonds. The molecule has 0 bridgehead atoms. The molecule has 1 fully saturated rings. The summed E-state index contributed by atoms with van der Waals surface area (Å²) in [5.41, 5.74) is 2.93. The van der Waals surface area contributed by atoms with Crippen LogP contribution in [0.4, 0.5) is 0 Å². The van der Waals surface area contributed by atoms with Crippen LogP contribution in [-0.2, 0) is 0 Å². The van der Waals surface area contributed by atoms with Crippen LogP contribution in [0.2, 0.25) is 0 Å². The second-order valence-corrected chi connectivity index (χ2v) is 5.77. The number of hydrogen-bond acceptors (Lipinski definition) is 1. The first-order chi connectivity index (χ1) is 11.6. The highest BCUT2D eigenvalue weighted by atomic mass is 16.1. The summed E-state index contributed by atoms with van der Waals surface area (Å²) in [4.78, 5) is 12.5. The van der Waals surface area contributed by atoms with Gasteiger partial charge in [0.25, 0.3) is 0 Å². The molecule has 2 aliphatic rings. The molecule has 0 radical (unpaired) electrons. The molecule has 0 aromatic heterocycles. The van der Waals surface area contributed by atoms with Gasteiger partial charge < -0.3 is 0 Å². The van der Waals surface area contributed by atoms with Crippen molar-refractivity contribution in [2.75, 3.05) is 0 Å². The van der Waals surface area contributed by atoms with Gasteiger partial charge in [0.05, 0.1) is 0 Å². The number of hydrogen-bond donors (Lipinski definition) is 0. The molecule has 0 saturated heterocycles. The van der Waals surface area contributed by atoms with E-state index in [2.05, 4.69) is 31.7 Å². The molecule has 1 nitrogen and oxygen atoms in total. The zero-order chi connectivity index (χ0) is 18.5. The molecule has 0 spiro atoms. The van der Waals surface area contributed by atoms with Gasteiger partial charge in [-0.2, -0.15) is 0 Å². The van der Waals surface area contributed by atoms with Gasteiger partial charge in [-0.3, -0.25) is 4.79 Å². The summed E-state index contributed by atoms with van der Waals surface area (Å²) in [6.45, 7) is 18.3. The molecular weight excluding hydrogens is 292 g/mol. The number of ketones is 1. The van der Waals surface area contributed by atoms with Crippen LogP contribution in [0.3, 0.4) is 0 Å². The predicted molar refractivity (Wildman–Crippen MR) is 108 cm³/mol. The molecule has 2 aromatic rings. The van der Waals surface area contributed by atoms with Gasteiger partial charge in [0.15, 0.2) is 5.78 Å². The molecule has 2 aliphatic carbocycles. The summed E-state index contributed by atoms with van der Waals surface area (Å²) in [5, 5.41) is 2.33. The molecule has 2 aromatic carbocycles. The van der Waals surface area contributed by atoms with Crippen LogP contribution in [0.1, 0.15) is 70.8 Å². The zero-order valence-electron chi connectivity index (χ0n) is 16.4. The Kier molecular flexibility index (Phi) is 6.95. The van der Waals surface area contributed by atoms with Crippen molar-refractivity contribution in [2.45, 2.75) is 54.9 Å². The predicted octanol–water partition coefficient (Wildman–Crippen LogP) is 7.15. The molecule has 0 aliphatic heterocycles. The molecule has 0 heterocycles. The Bertz CT molecular complexity index is 726. The summed E-state index contributed by atoms with van der Waals surface area (Å²) < 4.78 is 0. The van der Waals surface area contributed by atoms with Crippen LogP contribution < -0.4 is 0 Å². The van der Waals surface area contributed by atoms with Crippen LogP contribution in [-0.4, -0.2) is 5.78 Å². The fourth-order valence-electron chi connectivity index (χ4n) is 3.31. The molecule has 0 N–H and O–H groups in total. The molecule has 4 rings (SSSR count). The lowest BCUT2D eigenvalue weighted by Gasteiger charge is -2.22. The first-order valence-corrected chi connectivity index (χ1v) is 9.38. The summed E-state index contributed by atoms with van der Waals surface area (Å²) in [7, 11) is 0. The van der Waals surface area contributed by atoms with E-state index in [1.54, 1.807) is 0 Å². The van der Waals surface area contributed by atoms with Crippen LogP contribution >= 0.6 is 0 Å². The van der Waals surface area contributed by atoms with Crippen LogP contribution in [0.25, 0.3) is 16.3 Å². The Morgan fingerprint density at radius 2 is 1.38 bits per heavy atom. The van der Waals surface area contributed by atoms with Crippen molar-refractivity contribution in [3.05, 3.63) is 54.1 Å². The van der Waals surface area contributed by atoms with Gasteiger partial charge in [-0.1, -0.05) is 79.3 Å². The highest BCUT2D eigenvalue weighted by Crippen LogP contribution is 2.63. The van der Waals surface area contributed by atoms with E-state index in [1.165, 1.54) is 5.39 Å². The van der Waals surface area contributed by atoms with Gasteiger partial charge in [-0.15, -0.1) is 0 Å². The van der Waals surface area contributed by atoms with E-state index in [4.69, 9.17) is 0 Å². The van der Waals surface area contributed by atoms with Crippen molar-refractivity contribution in [3.63, 3.8) is 0 Å². The van der Waals surface area contributed by atoms with Crippen LogP contribution in [0.15, 0.2) is 43.0 Å². The van der Waals surface area contributed by atoms with E-state index in [1.807, 2.05) is 59.7 Å². The quantitative estimate of drug-likeness (QED) is 0.502. The Morgan fingerprint density at radius 1 is 0.917 bits per heavy atom. The summed E-state index contributed by atoms with van der Waals surface area (Å²) in [6, 6.07) is 12.4. The molecule has 2 unspecified atom stereocenters. The van der Waals surface area contributed by atoms with E-state index in [0.717, 1.165) is 28.5 Å². The standard InChI is InChI=1S/C17H14O.3C2H6/c1-10-13-7-11-5-3-4-6-12(11)8-14(13)16(18)17(2)9-15(10)17;3*1-2/h3-8,15H,1,9H2,2H3;3*1-2H3. The second kappa shape index (κ2) is 8.28. The number of rotatable bonds is 0. The van der Waals surface area contributed by atoms with Crippen molar-refractivity contribution in [3.8, 4) is 0 Å². The molecular formula is C23H32O. The van der Waals surface area contributed by atoms with Crippen molar-refractivity contribution < 1.29 is 4.79 Å². The molecule has 130 valence electrons. The highest BCUT2D eigenvalue weighted by Gasteiger charge is 2.60. The monoisotopic (exact) mass is 324 g/mol. The number of fused-ring (bicyclic) bond motifs is 3. The second-order valence-electron chi connectivity index (χ2n) is 5.77. The van der Waals surface area contributed by atoms with Crippen molar-refractivity contribution in [1.29, 1.82) is 0 Å². The topological polar surface area (TPSA) is 17.1 Å². The normalized spacial score (nSPS) is 22.5. The third-order valence-corrected chi connectivity index (χ3v) is 4.65. The first kappa shape index (κ1) is 20.2. The van der Waals surface area contributed by atoms with Gasteiger partial charge in [-0.25, -0.2) is 0 Å². The molecule has 1 heteroatoms. The molecule has 1 saturated carbocycles. The minimum Gasteiger partial charge on any atom is -0.294 e. The number of Topliss-reactive ketones (excluding diaryl/α,β-unsaturated/α-hetero) is 1.